The number of aliphatic hydroxyl groups is 9. The molecule has 0 aliphatic carbocycles. The van der Waals surface area contributed by atoms with Crippen molar-refractivity contribution in [3.8, 4) is 0 Å². The molecular weight excluding hydrogens is 1070 g/mol. The first-order valence-corrected chi connectivity index (χ1v) is 29.8. The molecule has 9 N–H and O–H groups in total. The normalized spacial score (nSPS) is 44.2. The summed E-state index contributed by atoms with van der Waals surface area (Å²) in [5, 5.41) is 101. The minimum Gasteiger partial charge on any atom is -0.457 e. The molecule has 6 aliphatic heterocycles. The average molecular weight is 1170 g/mol. The molecule has 6 aliphatic rings. The van der Waals surface area contributed by atoms with Crippen LogP contribution in [0.4, 0.5) is 0 Å². The Morgan fingerprint density at radius 2 is 1.04 bits per heavy atom. The van der Waals surface area contributed by atoms with Crippen LogP contribution >= 0.6 is 0 Å². The number of hydrogen-bond acceptors (Lipinski definition) is 25. The lowest BCUT2D eigenvalue weighted by molar-refractivity contribution is -0.400. The second-order valence-electron chi connectivity index (χ2n) is 23.0. The number of ether oxygens (including phenoxy) is 13. The smallest absolute Gasteiger partial charge is 0.309 e. The molecule has 6 heterocycles. The number of fused-ring (bicyclic) bond motifs is 2. The van der Waals surface area contributed by atoms with Crippen LogP contribution in [0.1, 0.15) is 159 Å². The third kappa shape index (κ3) is 17.2. The van der Waals surface area contributed by atoms with Crippen LogP contribution in [0.15, 0.2) is 0 Å². The second-order valence-corrected chi connectivity index (χ2v) is 23.0. The van der Waals surface area contributed by atoms with Crippen molar-refractivity contribution in [1.82, 2.24) is 0 Å². The van der Waals surface area contributed by atoms with Crippen molar-refractivity contribution in [2.75, 3.05) is 6.61 Å². The highest BCUT2D eigenvalue weighted by molar-refractivity contribution is 5.72. The standard InChI is InChI=1S/C56H96O25/c1-10-13-19-22-32-23-20-17-15-14-16-18-21-24-34(58)75-47-42(66)44(30(8)71-55(47)80-46-38(62)35(59)28(6)69-54(46)73-32)78-56-49(77-51(68)27(5)12-3)48(81-53-40(64)37(61)36(60)33(25-57)74-53)45(31(9)72-56)79-52-41(65)39(63)43(29(7)70-52)76-50(67)26(4)11-2/h26-33,35-49,52-57,59-66H,10-25H2,1-9H3/t26-,27-,28+,29-,30-,31-,32?,33+,35-,36+,37-,38-,39-,40+,41+,42+,43-,44-,45-,46+,47+,48+,49+,52-,53-,54+,55-,56-/m0/s1. The molecule has 25 heteroatoms. The Kier molecular flexibility index (Phi) is 26.7. The zero-order chi connectivity index (χ0) is 59.4. The number of unbranched alkanes of at least 4 members (excludes halogenated alkanes) is 2. The Labute approximate surface area is 475 Å². The van der Waals surface area contributed by atoms with E-state index in [2.05, 4.69) is 6.92 Å². The second kappa shape index (κ2) is 31.9. The minimum absolute atomic E-state index is 0.0398. The van der Waals surface area contributed by atoms with Gasteiger partial charge in [0.15, 0.2) is 49.8 Å². The molecule has 0 spiro atoms. The van der Waals surface area contributed by atoms with Crippen molar-refractivity contribution in [3.63, 3.8) is 0 Å². The summed E-state index contributed by atoms with van der Waals surface area (Å²) in [6, 6.07) is 0. The Bertz CT molecular complexity index is 1900. The largest absolute Gasteiger partial charge is 0.457 e. The summed E-state index contributed by atoms with van der Waals surface area (Å²) < 4.78 is 81.3. The highest BCUT2D eigenvalue weighted by atomic mass is 16.8. The Morgan fingerprint density at radius 3 is 1.68 bits per heavy atom. The maximum absolute atomic E-state index is 14.1. The van der Waals surface area contributed by atoms with Crippen LogP contribution in [0, 0.1) is 11.8 Å². The lowest BCUT2D eigenvalue weighted by atomic mass is 9.95. The average Bonchev–Trinajstić information content (AvgIpc) is 3.50. The summed E-state index contributed by atoms with van der Waals surface area (Å²) in [6.07, 6.45) is -29.2. The summed E-state index contributed by atoms with van der Waals surface area (Å²) in [7, 11) is 0. The van der Waals surface area contributed by atoms with Gasteiger partial charge in [-0.3, -0.25) is 14.4 Å². The van der Waals surface area contributed by atoms with E-state index in [1.54, 1.807) is 34.6 Å². The van der Waals surface area contributed by atoms with Gasteiger partial charge in [0.05, 0.1) is 49.0 Å². The van der Waals surface area contributed by atoms with Crippen molar-refractivity contribution < 1.29 is 122 Å². The third-order valence-corrected chi connectivity index (χ3v) is 16.7. The van der Waals surface area contributed by atoms with Crippen LogP contribution in [0.25, 0.3) is 0 Å². The first kappa shape index (κ1) is 67.8. The van der Waals surface area contributed by atoms with Gasteiger partial charge in [0.1, 0.15) is 79.4 Å². The Morgan fingerprint density at radius 1 is 0.506 bits per heavy atom. The highest BCUT2D eigenvalue weighted by Gasteiger charge is 2.59. The molecular formula is C56H96O25. The van der Waals surface area contributed by atoms with Crippen molar-refractivity contribution in [1.29, 1.82) is 0 Å². The molecule has 28 atom stereocenters. The molecule has 0 radical (unpaired) electrons. The molecule has 0 amide bonds. The lowest BCUT2D eigenvalue weighted by Crippen LogP contribution is -2.68. The first-order valence-electron chi connectivity index (χ1n) is 29.8. The van der Waals surface area contributed by atoms with Crippen LogP contribution < -0.4 is 0 Å². The van der Waals surface area contributed by atoms with Crippen molar-refractivity contribution in [2.45, 2.75) is 318 Å². The van der Waals surface area contributed by atoms with E-state index in [-0.39, 0.29) is 18.9 Å². The molecule has 0 bridgehead atoms. The summed E-state index contributed by atoms with van der Waals surface area (Å²) in [4.78, 5) is 40.7. The number of carbonyl (C=O) groups excluding carboxylic acids is 3. The van der Waals surface area contributed by atoms with Crippen molar-refractivity contribution >= 4 is 17.9 Å². The summed E-state index contributed by atoms with van der Waals surface area (Å²) in [6.45, 7) is 14.0. The predicted molar refractivity (Wildman–Crippen MR) is 280 cm³/mol. The fraction of sp³-hybridized carbons (Fsp3) is 0.946. The third-order valence-electron chi connectivity index (χ3n) is 16.7. The van der Waals surface area contributed by atoms with Crippen LogP contribution in [0.3, 0.4) is 0 Å². The van der Waals surface area contributed by atoms with Gasteiger partial charge in [-0.15, -0.1) is 0 Å². The fourth-order valence-electron chi connectivity index (χ4n) is 11.0. The molecule has 6 fully saturated rings. The van der Waals surface area contributed by atoms with Gasteiger partial charge >= 0.3 is 17.9 Å². The van der Waals surface area contributed by atoms with Gasteiger partial charge in [0.2, 0.25) is 0 Å². The zero-order valence-corrected chi connectivity index (χ0v) is 48.5. The number of rotatable bonds is 17. The van der Waals surface area contributed by atoms with Gasteiger partial charge in [-0.1, -0.05) is 92.4 Å². The van der Waals surface area contributed by atoms with Gasteiger partial charge in [-0.25, -0.2) is 0 Å². The van der Waals surface area contributed by atoms with Gasteiger partial charge < -0.3 is 108 Å². The molecule has 81 heavy (non-hydrogen) atoms. The van der Waals surface area contributed by atoms with E-state index in [0.717, 1.165) is 57.8 Å². The monoisotopic (exact) mass is 1170 g/mol. The summed E-state index contributed by atoms with van der Waals surface area (Å²) in [5.41, 5.74) is 0. The van der Waals surface area contributed by atoms with Crippen molar-refractivity contribution in [2.24, 2.45) is 11.8 Å². The number of carbonyl (C=O) groups is 3. The van der Waals surface area contributed by atoms with Crippen LogP contribution in [0.5, 0.6) is 0 Å². The van der Waals surface area contributed by atoms with E-state index in [9.17, 15) is 60.3 Å². The molecule has 6 rings (SSSR count). The molecule has 6 saturated heterocycles. The van der Waals surface area contributed by atoms with Crippen molar-refractivity contribution in [3.05, 3.63) is 0 Å². The quantitative estimate of drug-likeness (QED) is 0.0565. The van der Waals surface area contributed by atoms with E-state index in [4.69, 9.17) is 61.6 Å². The van der Waals surface area contributed by atoms with Gasteiger partial charge in [-0.05, 0) is 59.8 Å². The Hall–Kier alpha value is -2.35. The van der Waals surface area contributed by atoms with E-state index in [1.807, 2.05) is 0 Å². The lowest BCUT2D eigenvalue weighted by Gasteiger charge is -2.51. The molecule has 25 nitrogen and oxygen atoms in total. The zero-order valence-electron chi connectivity index (χ0n) is 48.5. The Balaban J connectivity index is 1.35. The molecule has 0 aromatic carbocycles. The first-order chi connectivity index (χ1) is 38.5. The number of hydrogen-bond donors (Lipinski definition) is 9. The molecule has 1 unspecified atom stereocenters. The summed E-state index contributed by atoms with van der Waals surface area (Å²) in [5.74, 6) is -3.50. The molecule has 0 aromatic heterocycles. The molecule has 0 aromatic rings. The van der Waals surface area contributed by atoms with E-state index in [1.165, 1.54) is 20.8 Å². The van der Waals surface area contributed by atoms with E-state index >= 15 is 0 Å². The van der Waals surface area contributed by atoms with Crippen LogP contribution in [0.2, 0.25) is 0 Å². The number of aliphatic hydroxyl groups excluding tert-OH is 9. The maximum Gasteiger partial charge on any atom is 0.309 e. The molecule has 470 valence electrons. The highest BCUT2D eigenvalue weighted by Crippen LogP contribution is 2.39. The molecule has 0 saturated carbocycles. The predicted octanol–water partition coefficient (Wildman–Crippen LogP) is 1.43. The topological polar surface area (TPSA) is 353 Å². The summed E-state index contributed by atoms with van der Waals surface area (Å²) >= 11 is 0. The number of esters is 3. The van der Waals surface area contributed by atoms with E-state index in [0.29, 0.717) is 25.7 Å². The van der Waals surface area contributed by atoms with Crippen LogP contribution in [-0.2, 0) is 76.0 Å². The van der Waals surface area contributed by atoms with E-state index < -0.39 is 190 Å². The SMILES string of the molecule is CCCCCC1CCCCCCCCCC(=O)O[C@H]2[C@H](O[C@H]3[C@@H](O1)O[C@H](C)[C@H](O)[C@@H]3O)O[C@@H](C)[C@H](O[C@@H]1O[C@@H](C)[C@H](O[C@@H]3O[C@@H](C)[C@H](OC(=O)[C@@H](C)CC)[C@@H](O)[C@H]3O)[C@@H](O[C@@H]3O[C@H](CO)[C@@H](O)[C@H](O)[C@H]3O)[C@H]1OC(=O)[C@@H](C)CC)[C@H]2O. The van der Waals surface area contributed by atoms with Crippen LogP contribution in [-0.4, -0.2) is 230 Å². The van der Waals surface area contributed by atoms with Gasteiger partial charge in [0, 0.05) is 6.42 Å². The fourth-order valence-corrected chi connectivity index (χ4v) is 11.0. The minimum atomic E-state index is -2.02. The van der Waals surface area contributed by atoms with Gasteiger partial charge in [0.25, 0.3) is 0 Å². The van der Waals surface area contributed by atoms with Gasteiger partial charge in [-0.2, -0.15) is 0 Å². The maximum atomic E-state index is 14.1.